The van der Waals surface area contributed by atoms with Gasteiger partial charge in [0.05, 0.1) is 10.5 Å². The molecule has 1 aromatic heterocycles. The Balaban J connectivity index is 1.36. The van der Waals surface area contributed by atoms with Gasteiger partial charge in [-0.2, -0.15) is 13.2 Å². The van der Waals surface area contributed by atoms with Crippen molar-refractivity contribution in [2.24, 2.45) is 0 Å². The molecule has 5 rings (SSSR count). The third-order valence-electron chi connectivity index (χ3n) is 6.11. The summed E-state index contributed by atoms with van der Waals surface area (Å²) in [4.78, 5) is 39.0. The Kier molecular flexibility index (Phi) is 7.67. The smallest absolute Gasteiger partial charge is 0.342 e. The molecule has 0 spiro atoms. The number of hydrogen-bond acceptors (Lipinski definition) is 4. The summed E-state index contributed by atoms with van der Waals surface area (Å²) in [6.07, 6.45) is -1.16. The van der Waals surface area contributed by atoms with E-state index in [4.69, 9.17) is 23.2 Å². The van der Waals surface area contributed by atoms with Crippen LogP contribution in [0.3, 0.4) is 0 Å². The maximum atomic E-state index is 13.1. The predicted molar refractivity (Wildman–Crippen MR) is 150 cm³/mol. The Hall–Kier alpha value is -3.73. The number of anilines is 1. The normalized spacial score (nSPS) is 14.9. The summed E-state index contributed by atoms with van der Waals surface area (Å²) in [5.41, 5.74) is 1.36. The van der Waals surface area contributed by atoms with Crippen LogP contribution in [0.2, 0.25) is 10.0 Å². The Labute approximate surface area is 240 Å². The summed E-state index contributed by atoms with van der Waals surface area (Å²) in [7, 11) is 0. The Bertz CT molecular complexity index is 1700. The number of benzene rings is 3. The van der Waals surface area contributed by atoms with Gasteiger partial charge in [-0.15, -0.1) is 0 Å². The van der Waals surface area contributed by atoms with Crippen molar-refractivity contribution in [3.05, 3.63) is 105 Å². The van der Waals surface area contributed by atoms with Crippen molar-refractivity contribution >= 4 is 74.7 Å². The second-order valence-corrected chi connectivity index (χ2v) is 10.7. The number of aromatic nitrogens is 1. The highest BCUT2D eigenvalue weighted by molar-refractivity contribution is 8.18. The molecule has 1 aliphatic heterocycles. The molecule has 1 saturated heterocycles. The molecule has 6 nitrogen and oxygen atoms in total. The fourth-order valence-electron chi connectivity index (χ4n) is 4.25. The van der Waals surface area contributed by atoms with Gasteiger partial charge in [-0.05, 0) is 59.8 Å². The van der Waals surface area contributed by atoms with Gasteiger partial charge in [0, 0.05) is 44.9 Å². The van der Waals surface area contributed by atoms with Gasteiger partial charge >= 0.3 is 6.18 Å². The fourth-order valence-corrected chi connectivity index (χ4v) is 5.55. The van der Waals surface area contributed by atoms with E-state index in [9.17, 15) is 27.6 Å². The summed E-state index contributed by atoms with van der Waals surface area (Å²) in [6.45, 7) is -0.212. The second-order valence-electron chi connectivity index (χ2n) is 8.86. The van der Waals surface area contributed by atoms with Crippen molar-refractivity contribution in [1.29, 1.82) is 0 Å². The summed E-state index contributed by atoms with van der Waals surface area (Å²) in [6, 6.07) is 16.8. The molecule has 2 heterocycles. The van der Waals surface area contributed by atoms with Gasteiger partial charge in [0.25, 0.3) is 11.1 Å². The molecule has 0 atom stereocenters. The van der Waals surface area contributed by atoms with Crippen LogP contribution in [0.15, 0.2) is 77.8 Å². The lowest BCUT2D eigenvalue weighted by atomic mass is 10.1. The van der Waals surface area contributed by atoms with Crippen LogP contribution in [-0.2, 0) is 22.3 Å². The molecular weight excluding hydrogens is 586 g/mol. The first-order chi connectivity index (χ1) is 19.0. The first-order valence-electron chi connectivity index (χ1n) is 11.7. The quantitative estimate of drug-likeness (QED) is 0.229. The van der Waals surface area contributed by atoms with Crippen LogP contribution in [0.4, 0.5) is 23.7 Å². The number of carbonyl (C=O) groups excluding carboxylic acids is 3. The number of amides is 3. The van der Waals surface area contributed by atoms with Crippen molar-refractivity contribution < 1.29 is 27.6 Å². The molecule has 1 aliphatic rings. The van der Waals surface area contributed by atoms with Crippen LogP contribution >= 0.6 is 35.0 Å². The van der Waals surface area contributed by atoms with E-state index in [0.29, 0.717) is 33.9 Å². The number of fused-ring (bicyclic) bond motifs is 1. The zero-order valence-electron chi connectivity index (χ0n) is 20.3. The van der Waals surface area contributed by atoms with Crippen molar-refractivity contribution in [3.8, 4) is 0 Å². The fraction of sp³-hybridized carbons (Fsp3) is 0.107. The van der Waals surface area contributed by atoms with Crippen molar-refractivity contribution in [2.75, 3.05) is 11.9 Å². The number of imide groups is 1. The number of hydrogen-bond donors (Lipinski definition) is 1. The van der Waals surface area contributed by atoms with Crippen LogP contribution in [0.5, 0.6) is 0 Å². The van der Waals surface area contributed by atoms with Crippen molar-refractivity contribution in [3.63, 3.8) is 0 Å². The number of carbonyl (C=O) groups is 3. The Morgan fingerprint density at radius 2 is 1.77 bits per heavy atom. The summed E-state index contributed by atoms with van der Waals surface area (Å²) >= 11 is 13.1. The topological polar surface area (TPSA) is 71.4 Å². The highest BCUT2D eigenvalue weighted by Gasteiger charge is 2.37. The molecule has 0 saturated carbocycles. The number of halogens is 5. The van der Waals surface area contributed by atoms with Crippen LogP contribution in [0, 0.1) is 0 Å². The van der Waals surface area contributed by atoms with E-state index in [-0.39, 0.29) is 10.6 Å². The number of thioether (sulfide) groups is 1. The van der Waals surface area contributed by atoms with Crippen molar-refractivity contribution in [1.82, 2.24) is 9.47 Å². The Morgan fingerprint density at radius 1 is 1.00 bits per heavy atom. The first-order valence-corrected chi connectivity index (χ1v) is 13.3. The van der Waals surface area contributed by atoms with Crippen LogP contribution < -0.4 is 5.32 Å². The zero-order chi connectivity index (χ0) is 28.6. The summed E-state index contributed by atoms with van der Waals surface area (Å²) in [5.74, 6) is -1.48. The number of alkyl halides is 3. The van der Waals surface area contributed by atoms with Gasteiger partial charge in [-0.1, -0.05) is 53.5 Å². The molecule has 0 radical (unpaired) electrons. The molecular formula is C28H18Cl2F3N3O3S. The van der Waals surface area contributed by atoms with Crippen LogP contribution in [-0.4, -0.2) is 33.1 Å². The largest absolute Gasteiger partial charge is 0.416 e. The molecule has 3 aromatic carbocycles. The minimum atomic E-state index is -4.58. The molecule has 1 N–H and O–H groups in total. The number of nitrogens with one attached hydrogen (secondary N) is 1. The molecule has 0 aliphatic carbocycles. The van der Waals surface area contributed by atoms with E-state index >= 15 is 0 Å². The first kappa shape index (κ1) is 27.8. The average Bonchev–Trinajstić information content (AvgIpc) is 3.37. The number of para-hydroxylation sites is 1. The monoisotopic (exact) mass is 603 g/mol. The molecule has 3 amide bonds. The predicted octanol–water partition coefficient (Wildman–Crippen LogP) is 7.69. The number of rotatable bonds is 6. The lowest BCUT2D eigenvalue weighted by Gasteiger charge is -2.13. The van der Waals surface area contributed by atoms with Gasteiger partial charge in [0.15, 0.2) is 0 Å². The van der Waals surface area contributed by atoms with Gasteiger partial charge < -0.3 is 9.88 Å². The molecule has 204 valence electrons. The van der Waals surface area contributed by atoms with Crippen LogP contribution in [0.25, 0.3) is 17.0 Å². The van der Waals surface area contributed by atoms with E-state index < -0.39 is 35.3 Å². The Morgan fingerprint density at radius 3 is 2.52 bits per heavy atom. The lowest BCUT2D eigenvalue weighted by Crippen LogP contribution is -2.36. The van der Waals surface area contributed by atoms with Crippen molar-refractivity contribution in [2.45, 2.75) is 12.7 Å². The number of nitrogens with zero attached hydrogens (tertiary/aromatic N) is 2. The zero-order valence-corrected chi connectivity index (χ0v) is 22.7. The molecule has 4 aromatic rings. The minimum Gasteiger partial charge on any atom is -0.342 e. The average molecular weight is 604 g/mol. The van der Waals surface area contributed by atoms with E-state index in [0.717, 1.165) is 39.6 Å². The van der Waals surface area contributed by atoms with E-state index in [1.165, 1.54) is 6.07 Å². The molecule has 1 fully saturated rings. The minimum absolute atomic E-state index is 0.101. The lowest BCUT2D eigenvalue weighted by molar-refractivity contribution is -0.137. The molecule has 0 bridgehead atoms. The third kappa shape index (κ3) is 5.89. The summed E-state index contributed by atoms with van der Waals surface area (Å²) in [5, 5.41) is 3.51. The van der Waals surface area contributed by atoms with E-state index in [1.807, 2.05) is 41.1 Å². The highest BCUT2D eigenvalue weighted by Crippen LogP contribution is 2.35. The maximum absolute atomic E-state index is 13.1. The third-order valence-corrected chi connectivity index (χ3v) is 7.61. The van der Waals surface area contributed by atoms with Gasteiger partial charge in [-0.25, -0.2) is 0 Å². The van der Waals surface area contributed by atoms with E-state index in [1.54, 1.807) is 18.2 Å². The molecule has 0 unspecified atom stereocenters. The SMILES string of the molecule is O=C(CN1C(=O)S/C(=C\c2cn(Cc3ccc(Cl)cc3Cl)c3ccccc23)C1=O)Nc1cccc(C(F)(F)F)c1. The van der Waals surface area contributed by atoms with Gasteiger partial charge in [0.2, 0.25) is 5.91 Å². The standard InChI is InChI=1S/C28H18Cl2F3N3O3S/c29-19-9-8-16(22(30)12-19)13-35-14-17(21-6-1-2-7-23(21)35)10-24-26(38)36(27(39)40-24)15-25(37)34-20-5-3-4-18(11-20)28(31,32)33/h1-12,14H,13,15H2,(H,34,37)/b24-10-. The summed E-state index contributed by atoms with van der Waals surface area (Å²) < 4.78 is 40.9. The van der Waals surface area contributed by atoms with E-state index in [2.05, 4.69) is 5.32 Å². The van der Waals surface area contributed by atoms with Gasteiger partial charge in [-0.3, -0.25) is 19.3 Å². The van der Waals surface area contributed by atoms with Crippen LogP contribution in [0.1, 0.15) is 16.7 Å². The maximum Gasteiger partial charge on any atom is 0.416 e. The molecule has 12 heteroatoms. The highest BCUT2D eigenvalue weighted by atomic mass is 35.5. The second kappa shape index (κ2) is 11.0. The van der Waals surface area contributed by atoms with Gasteiger partial charge in [0.1, 0.15) is 6.54 Å². The molecule has 40 heavy (non-hydrogen) atoms.